The molecule has 1 atom stereocenters. The fourth-order valence-electron chi connectivity index (χ4n) is 3.68. The van der Waals surface area contributed by atoms with Crippen molar-refractivity contribution in [3.8, 4) is 0 Å². The summed E-state index contributed by atoms with van der Waals surface area (Å²) in [5, 5.41) is 3.75. The van der Waals surface area contributed by atoms with Crippen LogP contribution in [0.1, 0.15) is 23.8 Å². The van der Waals surface area contributed by atoms with Crippen molar-refractivity contribution in [1.82, 2.24) is 9.55 Å². The Bertz CT molecular complexity index is 1190. The average Bonchev–Trinajstić information content (AvgIpc) is 3.08. The second-order valence-electron chi connectivity index (χ2n) is 7.45. The Hall–Kier alpha value is -2.45. The van der Waals surface area contributed by atoms with E-state index in [1.165, 1.54) is 28.8 Å². The van der Waals surface area contributed by atoms with Gasteiger partial charge < -0.3 is 5.32 Å². The van der Waals surface area contributed by atoms with Gasteiger partial charge in [0.05, 0.1) is 16.8 Å². The highest BCUT2D eigenvalue weighted by atomic mass is 32.2. The lowest BCUT2D eigenvalue weighted by atomic mass is 9.89. The molecule has 0 unspecified atom stereocenters. The van der Waals surface area contributed by atoms with Gasteiger partial charge in [-0.05, 0) is 42.9 Å². The summed E-state index contributed by atoms with van der Waals surface area (Å²) in [7, 11) is 0. The summed E-state index contributed by atoms with van der Waals surface area (Å²) in [5.74, 6) is -0.218. The molecule has 8 heteroatoms. The Morgan fingerprint density at radius 1 is 1.47 bits per heavy atom. The molecule has 4 rings (SSSR count). The molecule has 1 aliphatic rings. The van der Waals surface area contributed by atoms with E-state index in [-0.39, 0.29) is 22.9 Å². The predicted molar refractivity (Wildman–Crippen MR) is 121 cm³/mol. The third-order valence-corrected chi connectivity index (χ3v) is 7.30. The molecule has 2 aromatic heterocycles. The van der Waals surface area contributed by atoms with Gasteiger partial charge in [0.1, 0.15) is 10.6 Å². The third kappa shape index (κ3) is 4.06. The van der Waals surface area contributed by atoms with Crippen LogP contribution in [-0.2, 0) is 24.2 Å². The number of halogens is 1. The maximum Gasteiger partial charge on any atom is 0.263 e. The minimum Gasteiger partial charge on any atom is -0.323 e. The number of nitrogens with zero attached hydrogens (tertiary/aromatic N) is 2. The summed E-state index contributed by atoms with van der Waals surface area (Å²) < 4.78 is 15.3. The van der Waals surface area contributed by atoms with Crippen molar-refractivity contribution in [3.05, 3.63) is 63.5 Å². The van der Waals surface area contributed by atoms with Crippen LogP contribution in [0.4, 0.5) is 10.1 Å². The molecule has 1 amide bonds. The fraction of sp³-hybridized carbons (Fsp3) is 0.318. The fourth-order valence-corrected chi connectivity index (χ4v) is 5.92. The van der Waals surface area contributed by atoms with Gasteiger partial charge in [-0.3, -0.25) is 14.2 Å². The first-order valence-corrected chi connectivity index (χ1v) is 11.6. The van der Waals surface area contributed by atoms with Crippen LogP contribution in [0.3, 0.4) is 0 Å². The molecule has 1 aromatic carbocycles. The highest BCUT2D eigenvalue weighted by molar-refractivity contribution is 7.99. The average molecular weight is 444 g/mol. The number of thioether (sulfide) groups is 1. The van der Waals surface area contributed by atoms with Gasteiger partial charge in [0.25, 0.3) is 5.56 Å². The van der Waals surface area contributed by atoms with Crippen molar-refractivity contribution >= 4 is 44.9 Å². The SMILES string of the molecule is C=CCn1c(SCC(=O)Nc2ccccc2F)nc2sc3c(c2c1=O)CC[C@H](C)C3. The minimum atomic E-state index is -0.489. The Morgan fingerprint density at radius 2 is 2.27 bits per heavy atom. The van der Waals surface area contributed by atoms with E-state index in [2.05, 4.69) is 18.8 Å². The zero-order valence-corrected chi connectivity index (χ0v) is 18.2. The Labute approximate surface area is 182 Å². The van der Waals surface area contributed by atoms with E-state index in [1.54, 1.807) is 34.1 Å². The highest BCUT2D eigenvalue weighted by Gasteiger charge is 2.24. The van der Waals surface area contributed by atoms with Crippen LogP contribution in [0.2, 0.25) is 0 Å². The van der Waals surface area contributed by atoms with Gasteiger partial charge in [-0.15, -0.1) is 17.9 Å². The molecule has 30 heavy (non-hydrogen) atoms. The molecule has 0 spiro atoms. The molecule has 0 saturated heterocycles. The summed E-state index contributed by atoms with van der Waals surface area (Å²) in [4.78, 5) is 32.3. The molecule has 2 heterocycles. The number of thiophene rings is 1. The largest absolute Gasteiger partial charge is 0.323 e. The number of aryl methyl sites for hydroxylation is 1. The molecule has 0 bridgehead atoms. The van der Waals surface area contributed by atoms with E-state index in [0.29, 0.717) is 23.0 Å². The summed E-state index contributed by atoms with van der Waals surface area (Å²) in [6, 6.07) is 6.02. The molecule has 3 aromatic rings. The standard InChI is InChI=1S/C22H22FN3O2S2/c1-3-10-26-21(28)19-14-9-8-13(2)11-17(14)30-20(19)25-22(26)29-12-18(27)24-16-7-5-4-6-15(16)23/h3-7,13H,1,8-12H2,2H3,(H,24,27)/t13-/m0/s1. The zero-order chi connectivity index (χ0) is 21.3. The summed E-state index contributed by atoms with van der Waals surface area (Å²) in [5.41, 5.74) is 1.19. The molecular weight excluding hydrogens is 421 g/mol. The van der Waals surface area contributed by atoms with Crippen LogP contribution in [0.15, 0.2) is 46.9 Å². The van der Waals surface area contributed by atoms with Crippen LogP contribution in [0.25, 0.3) is 10.2 Å². The smallest absolute Gasteiger partial charge is 0.263 e. The van der Waals surface area contributed by atoms with Gasteiger partial charge in [0.15, 0.2) is 5.16 Å². The number of rotatable bonds is 6. The lowest BCUT2D eigenvalue weighted by Crippen LogP contribution is -2.24. The number of hydrogen-bond acceptors (Lipinski definition) is 5. The zero-order valence-electron chi connectivity index (χ0n) is 16.6. The quantitative estimate of drug-likeness (QED) is 0.343. The first-order valence-electron chi connectivity index (χ1n) is 9.81. The van der Waals surface area contributed by atoms with Crippen molar-refractivity contribution in [2.45, 2.75) is 37.9 Å². The third-order valence-electron chi connectivity index (χ3n) is 5.17. The Kier molecular flexibility index (Phi) is 6.06. The number of hydrogen-bond donors (Lipinski definition) is 1. The summed E-state index contributed by atoms with van der Waals surface area (Å²) in [6.45, 7) is 6.30. The van der Waals surface area contributed by atoms with Gasteiger partial charge in [-0.2, -0.15) is 0 Å². The number of para-hydroxylation sites is 1. The van der Waals surface area contributed by atoms with E-state index >= 15 is 0 Å². The molecular formula is C22H22FN3O2S2. The minimum absolute atomic E-state index is 0.0194. The van der Waals surface area contributed by atoms with Crippen LogP contribution < -0.4 is 10.9 Å². The number of aromatic nitrogens is 2. The summed E-state index contributed by atoms with van der Waals surface area (Å²) >= 11 is 2.76. The first kappa shape index (κ1) is 20.8. The van der Waals surface area contributed by atoms with Gasteiger partial charge in [0.2, 0.25) is 5.91 Å². The van der Waals surface area contributed by atoms with E-state index in [0.717, 1.165) is 29.7 Å². The molecule has 0 radical (unpaired) electrons. The van der Waals surface area contributed by atoms with Crippen LogP contribution in [0.5, 0.6) is 0 Å². The van der Waals surface area contributed by atoms with E-state index in [1.807, 2.05) is 0 Å². The van der Waals surface area contributed by atoms with Gasteiger partial charge in [-0.25, -0.2) is 9.37 Å². The molecule has 156 valence electrons. The molecule has 5 nitrogen and oxygen atoms in total. The topological polar surface area (TPSA) is 64.0 Å². The van der Waals surface area contributed by atoms with E-state index < -0.39 is 5.82 Å². The van der Waals surface area contributed by atoms with Crippen molar-refractivity contribution < 1.29 is 9.18 Å². The second kappa shape index (κ2) is 8.73. The normalized spacial score (nSPS) is 15.7. The lowest BCUT2D eigenvalue weighted by molar-refractivity contribution is -0.113. The maximum atomic E-state index is 13.8. The first-order chi connectivity index (χ1) is 14.5. The number of benzene rings is 1. The number of carbonyl (C=O) groups is 1. The number of carbonyl (C=O) groups excluding carboxylic acids is 1. The maximum absolute atomic E-state index is 13.8. The molecule has 1 aliphatic carbocycles. The summed E-state index contributed by atoms with van der Waals surface area (Å²) in [6.07, 6.45) is 4.61. The lowest BCUT2D eigenvalue weighted by Gasteiger charge is -2.17. The van der Waals surface area contributed by atoms with Gasteiger partial charge in [0, 0.05) is 11.4 Å². The second-order valence-corrected chi connectivity index (χ2v) is 9.47. The Morgan fingerprint density at radius 3 is 3.03 bits per heavy atom. The molecule has 0 saturated carbocycles. The highest BCUT2D eigenvalue weighted by Crippen LogP contribution is 2.36. The predicted octanol–water partition coefficient (Wildman–Crippen LogP) is 4.64. The Balaban J connectivity index is 1.62. The molecule has 1 N–H and O–H groups in total. The number of anilines is 1. The number of allylic oxidation sites excluding steroid dienone is 1. The van der Waals surface area contributed by atoms with Crippen molar-refractivity contribution in [2.24, 2.45) is 5.92 Å². The number of amides is 1. The van der Waals surface area contributed by atoms with Crippen LogP contribution in [0, 0.1) is 11.7 Å². The van der Waals surface area contributed by atoms with Gasteiger partial charge in [-0.1, -0.05) is 36.9 Å². The number of fused-ring (bicyclic) bond motifs is 3. The molecule has 0 fully saturated rings. The van der Waals surface area contributed by atoms with Crippen molar-refractivity contribution in [3.63, 3.8) is 0 Å². The number of nitrogens with one attached hydrogen (secondary N) is 1. The van der Waals surface area contributed by atoms with Crippen LogP contribution in [-0.4, -0.2) is 21.2 Å². The van der Waals surface area contributed by atoms with Crippen molar-refractivity contribution in [1.29, 1.82) is 0 Å². The van der Waals surface area contributed by atoms with Crippen LogP contribution >= 0.6 is 23.1 Å². The van der Waals surface area contributed by atoms with Gasteiger partial charge >= 0.3 is 0 Å². The van der Waals surface area contributed by atoms with Crippen molar-refractivity contribution in [2.75, 3.05) is 11.1 Å². The van der Waals surface area contributed by atoms with E-state index in [4.69, 9.17) is 4.98 Å². The molecule has 0 aliphatic heterocycles. The van der Waals surface area contributed by atoms with E-state index in [9.17, 15) is 14.0 Å². The monoisotopic (exact) mass is 443 g/mol.